The highest BCUT2D eigenvalue weighted by atomic mass is 32.1. The number of rotatable bonds is 4. The lowest BCUT2D eigenvalue weighted by Gasteiger charge is -2.41. The minimum Gasteiger partial charge on any atom is -0.390 e. The largest absolute Gasteiger partial charge is 0.390 e. The normalized spacial score (nSPS) is 28.2. The maximum Gasteiger partial charge on any atom is 0.229 e. The Kier molecular flexibility index (Phi) is 5.77. The second-order valence-corrected chi connectivity index (χ2v) is 8.72. The highest BCUT2D eigenvalue weighted by molar-refractivity contribution is 7.80. The van der Waals surface area contributed by atoms with E-state index < -0.39 is 30.2 Å². The Bertz CT molecular complexity index is 919. The Balaban J connectivity index is 1.66. The Morgan fingerprint density at radius 3 is 2.43 bits per heavy atom. The molecule has 2 aliphatic rings. The summed E-state index contributed by atoms with van der Waals surface area (Å²) in [5.74, 6) is -0.338. The number of aliphatic hydroxyl groups is 2. The van der Waals surface area contributed by atoms with Crippen molar-refractivity contribution >= 4 is 34.6 Å². The lowest BCUT2D eigenvalue weighted by atomic mass is 9.77. The van der Waals surface area contributed by atoms with Crippen LogP contribution in [0.4, 0.5) is 11.4 Å². The predicted molar refractivity (Wildman–Crippen MR) is 122 cm³/mol. The number of anilines is 2. The number of fused-ring (bicyclic) bond motifs is 1. The monoisotopic (exact) mass is 425 g/mol. The van der Waals surface area contributed by atoms with Crippen LogP contribution < -0.4 is 15.5 Å². The molecule has 1 saturated carbocycles. The number of carbonyl (C=O) groups is 1. The third kappa shape index (κ3) is 3.80. The molecule has 5 atom stereocenters. The van der Waals surface area contributed by atoms with Crippen LogP contribution in [-0.2, 0) is 4.79 Å². The molecule has 30 heavy (non-hydrogen) atoms. The molecule has 0 bridgehead atoms. The minimum atomic E-state index is -1.01. The van der Waals surface area contributed by atoms with E-state index in [1.807, 2.05) is 47.4 Å². The van der Waals surface area contributed by atoms with Crippen LogP contribution in [0.5, 0.6) is 0 Å². The summed E-state index contributed by atoms with van der Waals surface area (Å²) in [6.45, 7) is 4.27. The topological polar surface area (TPSA) is 84.8 Å². The van der Waals surface area contributed by atoms with Crippen LogP contribution in [0.2, 0.25) is 0 Å². The van der Waals surface area contributed by atoms with Gasteiger partial charge in [0.15, 0.2) is 5.11 Å². The van der Waals surface area contributed by atoms with Crippen molar-refractivity contribution in [2.24, 2.45) is 5.92 Å². The first-order chi connectivity index (χ1) is 14.4. The van der Waals surface area contributed by atoms with Gasteiger partial charge in [-0.15, -0.1) is 0 Å². The molecule has 4 rings (SSSR count). The van der Waals surface area contributed by atoms with E-state index >= 15 is 0 Å². The van der Waals surface area contributed by atoms with E-state index in [-0.39, 0.29) is 12.3 Å². The summed E-state index contributed by atoms with van der Waals surface area (Å²) in [5.41, 5.74) is 2.78. The molecule has 4 N–H and O–H groups in total. The van der Waals surface area contributed by atoms with Gasteiger partial charge in [-0.1, -0.05) is 44.2 Å². The van der Waals surface area contributed by atoms with Crippen molar-refractivity contribution in [3.8, 4) is 0 Å². The van der Waals surface area contributed by atoms with Gasteiger partial charge in [0.25, 0.3) is 0 Å². The number of hydrogen-bond donors (Lipinski definition) is 4. The van der Waals surface area contributed by atoms with Crippen LogP contribution in [0.1, 0.15) is 31.7 Å². The van der Waals surface area contributed by atoms with Crippen molar-refractivity contribution in [1.29, 1.82) is 0 Å². The van der Waals surface area contributed by atoms with Crippen LogP contribution >= 0.6 is 12.2 Å². The number of nitrogens with one attached hydrogen (secondary N) is 2. The summed E-state index contributed by atoms with van der Waals surface area (Å²) < 4.78 is 0. The molecule has 1 aliphatic heterocycles. The Hall–Kier alpha value is -2.48. The zero-order valence-corrected chi connectivity index (χ0v) is 17.8. The predicted octanol–water partition coefficient (Wildman–Crippen LogP) is 2.62. The lowest BCUT2D eigenvalue weighted by molar-refractivity contribution is -0.126. The standard InChI is InChI=1S/C23H27N3O3S/c1-13(2)14-8-10-16(11-9-14)26-20-17(22(29)24-15-6-4-3-5-7-15)12-18(27)21(28)19(20)25-23(26)30/h3-11,13,17-21,27-28H,12H2,1-2H3,(H,24,29)(H,25,30). The molecule has 158 valence electrons. The molecule has 5 unspecified atom stereocenters. The molecule has 7 heteroatoms. The maximum absolute atomic E-state index is 13.2. The molecule has 0 radical (unpaired) electrons. The number of aliphatic hydroxyl groups excluding tert-OH is 2. The van der Waals surface area contributed by atoms with E-state index in [0.717, 1.165) is 5.69 Å². The molecule has 1 heterocycles. The quantitative estimate of drug-likeness (QED) is 0.564. The van der Waals surface area contributed by atoms with Gasteiger partial charge in [0.1, 0.15) is 6.10 Å². The molecule has 6 nitrogen and oxygen atoms in total. The second kappa shape index (κ2) is 8.34. The number of thiocarbonyl (C=S) groups is 1. The van der Waals surface area contributed by atoms with Crippen molar-refractivity contribution < 1.29 is 15.0 Å². The molecule has 1 saturated heterocycles. The summed E-state index contributed by atoms with van der Waals surface area (Å²) in [4.78, 5) is 15.1. The van der Waals surface area contributed by atoms with Crippen molar-refractivity contribution in [2.45, 2.75) is 50.5 Å². The van der Waals surface area contributed by atoms with Crippen molar-refractivity contribution in [1.82, 2.24) is 5.32 Å². The molecular weight excluding hydrogens is 398 g/mol. The molecule has 2 aromatic carbocycles. The third-order valence-corrected chi connectivity index (χ3v) is 6.38. The average Bonchev–Trinajstić information content (AvgIpc) is 3.08. The first kappa shape index (κ1) is 20.8. The number of benzene rings is 2. The van der Waals surface area contributed by atoms with Gasteiger partial charge in [0.05, 0.1) is 24.1 Å². The van der Waals surface area contributed by atoms with Gasteiger partial charge < -0.3 is 25.7 Å². The van der Waals surface area contributed by atoms with E-state index in [0.29, 0.717) is 16.7 Å². The first-order valence-electron chi connectivity index (χ1n) is 10.3. The highest BCUT2D eigenvalue weighted by Crippen LogP contribution is 2.37. The fourth-order valence-electron chi connectivity index (χ4n) is 4.42. The molecule has 2 fully saturated rings. The number of nitrogens with zero attached hydrogens (tertiary/aromatic N) is 1. The van der Waals surface area contributed by atoms with Crippen LogP contribution in [-0.4, -0.2) is 45.5 Å². The highest BCUT2D eigenvalue weighted by Gasteiger charge is 2.53. The number of hydrogen-bond acceptors (Lipinski definition) is 4. The van der Waals surface area contributed by atoms with Crippen LogP contribution in [0, 0.1) is 5.92 Å². The fourth-order valence-corrected chi connectivity index (χ4v) is 4.78. The molecule has 1 amide bonds. The van der Waals surface area contributed by atoms with Gasteiger partial charge in [0, 0.05) is 11.4 Å². The fraction of sp³-hybridized carbons (Fsp3) is 0.391. The third-order valence-electron chi connectivity index (χ3n) is 6.06. The summed E-state index contributed by atoms with van der Waals surface area (Å²) in [6.07, 6.45) is -1.85. The smallest absolute Gasteiger partial charge is 0.229 e. The Labute approximate surface area is 181 Å². The zero-order valence-electron chi connectivity index (χ0n) is 17.0. The van der Waals surface area contributed by atoms with E-state index in [1.54, 1.807) is 0 Å². The zero-order chi connectivity index (χ0) is 21.4. The SMILES string of the molecule is CC(C)c1ccc(N2C(=S)NC3C(O)C(O)CC(C(=O)Nc4ccccc4)C32)cc1. The minimum absolute atomic E-state index is 0.159. The first-order valence-corrected chi connectivity index (χ1v) is 10.7. The number of carbonyl (C=O) groups excluding carboxylic acids is 1. The Morgan fingerprint density at radius 1 is 1.13 bits per heavy atom. The van der Waals surface area contributed by atoms with E-state index in [4.69, 9.17) is 12.2 Å². The summed E-state index contributed by atoms with van der Waals surface area (Å²) in [5, 5.41) is 27.6. The van der Waals surface area contributed by atoms with Crippen molar-refractivity contribution in [3.63, 3.8) is 0 Å². The van der Waals surface area contributed by atoms with E-state index in [1.165, 1.54) is 5.56 Å². The van der Waals surface area contributed by atoms with Gasteiger partial charge in [-0.05, 0) is 54.4 Å². The van der Waals surface area contributed by atoms with E-state index in [9.17, 15) is 15.0 Å². The Morgan fingerprint density at radius 2 is 1.80 bits per heavy atom. The summed E-state index contributed by atoms with van der Waals surface area (Å²) >= 11 is 5.57. The number of para-hydroxylation sites is 1. The van der Waals surface area contributed by atoms with Crippen LogP contribution in [0.25, 0.3) is 0 Å². The van der Waals surface area contributed by atoms with Crippen molar-refractivity contribution in [3.05, 3.63) is 60.2 Å². The lowest BCUT2D eigenvalue weighted by Crippen LogP contribution is -2.60. The molecule has 0 spiro atoms. The van der Waals surface area contributed by atoms with E-state index in [2.05, 4.69) is 36.6 Å². The van der Waals surface area contributed by atoms with Crippen molar-refractivity contribution in [2.75, 3.05) is 10.2 Å². The maximum atomic E-state index is 13.2. The van der Waals surface area contributed by atoms with Crippen LogP contribution in [0.3, 0.4) is 0 Å². The van der Waals surface area contributed by atoms with Gasteiger partial charge in [-0.2, -0.15) is 0 Å². The molecule has 1 aliphatic carbocycles. The average molecular weight is 426 g/mol. The molecular formula is C23H27N3O3S. The second-order valence-electron chi connectivity index (χ2n) is 8.34. The summed E-state index contributed by atoms with van der Waals surface area (Å²) in [7, 11) is 0. The van der Waals surface area contributed by atoms with Crippen LogP contribution in [0.15, 0.2) is 54.6 Å². The summed E-state index contributed by atoms with van der Waals surface area (Å²) in [6, 6.07) is 16.4. The van der Waals surface area contributed by atoms with Gasteiger partial charge >= 0.3 is 0 Å². The molecule has 0 aromatic heterocycles. The van der Waals surface area contributed by atoms with Gasteiger partial charge in [-0.25, -0.2) is 0 Å². The molecule has 2 aromatic rings. The van der Waals surface area contributed by atoms with Gasteiger partial charge in [0.2, 0.25) is 5.91 Å². The number of amides is 1. The van der Waals surface area contributed by atoms with Gasteiger partial charge in [-0.3, -0.25) is 4.79 Å².